The summed E-state index contributed by atoms with van der Waals surface area (Å²) in [5.74, 6) is 0.777. The second kappa shape index (κ2) is 5.03. The fourth-order valence-corrected chi connectivity index (χ4v) is 2.68. The van der Waals surface area contributed by atoms with Crippen LogP contribution in [0, 0.1) is 6.92 Å². The largest absolute Gasteiger partial charge is 0.330 e. The lowest BCUT2D eigenvalue weighted by Gasteiger charge is -2.05. The van der Waals surface area contributed by atoms with Gasteiger partial charge in [0.1, 0.15) is 5.82 Å². The Labute approximate surface area is 107 Å². The lowest BCUT2D eigenvalue weighted by molar-refractivity contribution is 1.17. The number of hydrogen-bond acceptors (Lipinski definition) is 5. The number of thioether (sulfide) groups is 1. The van der Waals surface area contributed by atoms with Crippen LogP contribution in [-0.2, 0) is 0 Å². The summed E-state index contributed by atoms with van der Waals surface area (Å²) in [5, 5.41) is 4.70. The number of aromatic nitrogens is 2. The molecule has 1 aromatic heterocycles. The average molecular weight is 272 g/mol. The third kappa shape index (κ3) is 2.66. The van der Waals surface area contributed by atoms with E-state index in [0.29, 0.717) is 0 Å². The van der Waals surface area contributed by atoms with Crippen LogP contribution in [0.4, 0.5) is 10.8 Å². The van der Waals surface area contributed by atoms with Crippen LogP contribution in [0.25, 0.3) is 0 Å². The predicted molar refractivity (Wildman–Crippen MR) is 71.2 cm³/mol. The van der Waals surface area contributed by atoms with Crippen LogP contribution >= 0.6 is 34.9 Å². The van der Waals surface area contributed by atoms with Crippen LogP contribution in [0.15, 0.2) is 23.1 Å². The van der Waals surface area contributed by atoms with Crippen LogP contribution in [0.3, 0.4) is 0 Å². The van der Waals surface area contributed by atoms with Crippen LogP contribution in [-0.4, -0.2) is 15.6 Å². The average Bonchev–Trinajstić information content (AvgIpc) is 2.64. The summed E-state index contributed by atoms with van der Waals surface area (Å²) in [6, 6.07) is 5.86. The minimum absolute atomic E-state index is 0.749. The summed E-state index contributed by atoms with van der Waals surface area (Å²) in [7, 11) is 0. The van der Waals surface area contributed by atoms with Crippen molar-refractivity contribution in [2.24, 2.45) is 0 Å². The van der Waals surface area contributed by atoms with E-state index in [4.69, 9.17) is 11.6 Å². The fraction of sp³-hybridized carbons (Fsp3) is 0.200. The number of nitrogens with zero attached hydrogens (tertiary/aromatic N) is 2. The Balaban J connectivity index is 2.19. The molecule has 0 aliphatic heterocycles. The third-order valence-corrected chi connectivity index (χ3v) is 3.87. The first-order valence-corrected chi connectivity index (χ1v) is 6.97. The molecule has 0 fully saturated rings. The minimum Gasteiger partial charge on any atom is -0.330 e. The fourth-order valence-electron chi connectivity index (χ4n) is 1.22. The lowest BCUT2D eigenvalue weighted by Crippen LogP contribution is -1.89. The van der Waals surface area contributed by atoms with Crippen molar-refractivity contribution in [3.05, 3.63) is 29.0 Å². The zero-order valence-corrected chi connectivity index (χ0v) is 11.2. The molecule has 0 aliphatic carbocycles. The summed E-state index contributed by atoms with van der Waals surface area (Å²) in [6.45, 7) is 1.87. The van der Waals surface area contributed by atoms with Gasteiger partial charge in [0.25, 0.3) is 0 Å². The summed E-state index contributed by atoms with van der Waals surface area (Å²) in [4.78, 5) is 5.30. The molecule has 0 radical (unpaired) electrons. The number of rotatable bonds is 3. The van der Waals surface area contributed by atoms with Gasteiger partial charge >= 0.3 is 0 Å². The molecule has 0 unspecified atom stereocenters. The Hall–Kier alpha value is -0.780. The summed E-state index contributed by atoms with van der Waals surface area (Å²) in [5.41, 5.74) is 0.930. The normalized spacial score (nSPS) is 10.4. The molecule has 0 bridgehead atoms. The van der Waals surface area contributed by atoms with E-state index in [0.717, 1.165) is 26.6 Å². The van der Waals surface area contributed by atoms with Gasteiger partial charge in [-0.05, 0) is 31.4 Å². The minimum atomic E-state index is 0.749. The van der Waals surface area contributed by atoms with Crippen molar-refractivity contribution in [3.63, 3.8) is 0 Å². The highest BCUT2D eigenvalue weighted by molar-refractivity contribution is 7.98. The molecule has 0 atom stereocenters. The van der Waals surface area contributed by atoms with Crippen LogP contribution in [0.5, 0.6) is 0 Å². The molecule has 1 heterocycles. The molecule has 2 aromatic rings. The van der Waals surface area contributed by atoms with Crippen molar-refractivity contribution in [3.8, 4) is 0 Å². The lowest BCUT2D eigenvalue weighted by atomic mass is 10.3. The molecular formula is C10H10ClN3S2. The molecule has 3 nitrogen and oxygen atoms in total. The zero-order chi connectivity index (χ0) is 11.5. The van der Waals surface area contributed by atoms with Crippen LogP contribution in [0.2, 0.25) is 5.02 Å². The van der Waals surface area contributed by atoms with E-state index in [9.17, 15) is 0 Å². The first-order chi connectivity index (χ1) is 7.69. The van der Waals surface area contributed by atoms with Gasteiger partial charge in [-0.1, -0.05) is 11.6 Å². The highest BCUT2D eigenvalue weighted by Crippen LogP contribution is 2.29. The molecule has 0 saturated carbocycles. The second-order valence-electron chi connectivity index (χ2n) is 3.12. The highest BCUT2D eigenvalue weighted by Gasteiger charge is 2.03. The molecule has 0 saturated heterocycles. The first kappa shape index (κ1) is 11.7. The Morgan fingerprint density at radius 3 is 2.81 bits per heavy atom. The maximum absolute atomic E-state index is 6.11. The van der Waals surface area contributed by atoms with Crippen molar-refractivity contribution >= 4 is 45.7 Å². The van der Waals surface area contributed by atoms with E-state index in [1.165, 1.54) is 11.5 Å². The number of benzene rings is 1. The van der Waals surface area contributed by atoms with Crippen molar-refractivity contribution in [1.29, 1.82) is 0 Å². The SMILES string of the molecule is CSc1ccc(Nc2nc(C)ns2)cc1Cl. The third-order valence-electron chi connectivity index (χ3n) is 1.93. The molecule has 2 rings (SSSR count). The number of nitrogens with one attached hydrogen (secondary N) is 1. The quantitative estimate of drug-likeness (QED) is 0.858. The smallest absolute Gasteiger partial charge is 0.207 e. The standard InChI is InChI=1S/C10H10ClN3S2/c1-6-12-10(16-14-6)13-7-3-4-9(15-2)8(11)5-7/h3-5H,1-2H3,(H,12,13,14). The van der Waals surface area contributed by atoms with Gasteiger partial charge < -0.3 is 5.32 Å². The van der Waals surface area contributed by atoms with Crippen LogP contribution in [0.1, 0.15) is 5.82 Å². The van der Waals surface area contributed by atoms with Crippen molar-refractivity contribution in [2.75, 3.05) is 11.6 Å². The van der Waals surface area contributed by atoms with Crippen LogP contribution < -0.4 is 5.32 Å². The zero-order valence-electron chi connectivity index (χ0n) is 8.82. The molecule has 84 valence electrons. The van der Waals surface area contributed by atoms with Crippen molar-refractivity contribution in [1.82, 2.24) is 9.36 Å². The topological polar surface area (TPSA) is 37.8 Å². The summed E-state index contributed by atoms with van der Waals surface area (Å²) >= 11 is 9.08. The second-order valence-corrected chi connectivity index (χ2v) is 5.13. The highest BCUT2D eigenvalue weighted by atomic mass is 35.5. The molecular weight excluding hydrogens is 262 g/mol. The first-order valence-electron chi connectivity index (χ1n) is 4.60. The Bertz CT molecular complexity index is 499. The Kier molecular flexibility index (Phi) is 3.68. The van der Waals surface area contributed by atoms with Gasteiger partial charge in [-0.2, -0.15) is 4.37 Å². The van der Waals surface area contributed by atoms with Gasteiger partial charge in [0, 0.05) is 22.1 Å². The molecule has 1 aromatic carbocycles. The van der Waals surface area contributed by atoms with E-state index >= 15 is 0 Å². The number of hydrogen-bond donors (Lipinski definition) is 1. The van der Waals surface area contributed by atoms with Gasteiger partial charge in [-0.15, -0.1) is 11.8 Å². The Morgan fingerprint density at radius 2 is 2.25 bits per heavy atom. The number of anilines is 2. The number of halogens is 1. The molecule has 6 heteroatoms. The van der Waals surface area contributed by atoms with E-state index in [1.54, 1.807) is 11.8 Å². The van der Waals surface area contributed by atoms with Gasteiger partial charge in [-0.25, -0.2) is 4.98 Å². The van der Waals surface area contributed by atoms with E-state index < -0.39 is 0 Å². The van der Waals surface area contributed by atoms with Crippen molar-refractivity contribution < 1.29 is 0 Å². The Morgan fingerprint density at radius 1 is 1.44 bits per heavy atom. The molecule has 1 N–H and O–H groups in total. The van der Waals surface area contributed by atoms with Gasteiger partial charge in [0.05, 0.1) is 5.02 Å². The monoisotopic (exact) mass is 271 g/mol. The maximum Gasteiger partial charge on any atom is 0.207 e. The van der Waals surface area contributed by atoms with E-state index in [2.05, 4.69) is 14.7 Å². The van der Waals surface area contributed by atoms with Gasteiger partial charge in [-0.3, -0.25) is 0 Å². The maximum atomic E-state index is 6.11. The summed E-state index contributed by atoms with van der Waals surface area (Å²) < 4.78 is 4.10. The van der Waals surface area contributed by atoms with Gasteiger partial charge in [0.2, 0.25) is 5.13 Å². The van der Waals surface area contributed by atoms with Crippen molar-refractivity contribution in [2.45, 2.75) is 11.8 Å². The van der Waals surface area contributed by atoms with Gasteiger partial charge in [0.15, 0.2) is 0 Å². The van der Waals surface area contributed by atoms with E-state index in [-0.39, 0.29) is 0 Å². The summed E-state index contributed by atoms with van der Waals surface area (Å²) in [6.07, 6.45) is 2.00. The van der Waals surface area contributed by atoms with E-state index in [1.807, 2.05) is 31.4 Å². The molecule has 0 spiro atoms. The molecule has 16 heavy (non-hydrogen) atoms. The molecule has 0 aliphatic rings. The predicted octanol–water partition coefficient (Wildman–Crippen LogP) is 3.97. The molecule has 0 amide bonds. The number of aryl methyl sites for hydroxylation is 1.